The molecule has 0 aromatic rings. The lowest BCUT2D eigenvalue weighted by atomic mass is 9.97. The Morgan fingerprint density at radius 1 is 1.39 bits per heavy atom. The zero-order valence-corrected chi connectivity index (χ0v) is 11.6. The highest BCUT2D eigenvalue weighted by atomic mass is 32.2. The Morgan fingerprint density at radius 3 is 2.44 bits per heavy atom. The maximum absolute atomic E-state index is 11.8. The Kier molecular flexibility index (Phi) is 3.19. The predicted octanol–water partition coefficient (Wildman–Crippen LogP) is -1.25. The molecule has 6 nitrogen and oxygen atoms in total. The summed E-state index contributed by atoms with van der Waals surface area (Å²) in [6.07, 6.45) is 0.471. The van der Waals surface area contributed by atoms with Gasteiger partial charge in [-0.1, -0.05) is 0 Å². The van der Waals surface area contributed by atoms with Crippen molar-refractivity contribution in [1.29, 1.82) is 0 Å². The molecule has 2 saturated heterocycles. The fourth-order valence-corrected chi connectivity index (χ4v) is 4.81. The van der Waals surface area contributed by atoms with Crippen LogP contribution in [0.1, 0.15) is 20.3 Å². The summed E-state index contributed by atoms with van der Waals surface area (Å²) in [4.78, 5) is 13.6. The van der Waals surface area contributed by atoms with Gasteiger partial charge in [-0.15, -0.1) is 0 Å². The third kappa shape index (κ3) is 3.21. The molecule has 2 aliphatic heterocycles. The summed E-state index contributed by atoms with van der Waals surface area (Å²) in [5.41, 5.74) is -1.33. The van der Waals surface area contributed by atoms with Crippen molar-refractivity contribution in [2.24, 2.45) is 0 Å². The number of β-amino-alcohol motifs (C(OH)–C–C–N with tert-alkyl or cyclic N) is 1. The van der Waals surface area contributed by atoms with Gasteiger partial charge in [0.25, 0.3) is 0 Å². The van der Waals surface area contributed by atoms with Crippen LogP contribution in [0.4, 0.5) is 0 Å². The third-order valence-corrected chi connectivity index (χ3v) is 5.34. The molecule has 2 N–H and O–H groups in total. The zero-order chi connectivity index (χ0) is 13.6. The molecule has 2 fully saturated rings. The Bertz CT molecular complexity index is 452. The highest BCUT2D eigenvalue weighted by Crippen LogP contribution is 2.23. The first-order valence-electron chi connectivity index (χ1n) is 6.05. The molecule has 2 rings (SSSR count). The second kappa shape index (κ2) is 4.18. The van der Waals surface area contributed by atoms with E-state index >= 15 is 0 Å². The van der Waals surface area contributed by atoms with E-state index in [9.17, 15) is 18.3 Å². The molecular formula is C11H20N2O4S. The highest BCUT2D eigenvalue weighted by molar-refractivity contribution is 7.91. The Hall–Kier alpha value is -0.660. The normalized spacial score (nSPS) is 33.9. The molecule has 0 aliphatic carbocycles. The molecule has 18 heavy (non-hydrogen) atoms. The molecule has 104 valence electrons. The quantitative estimate of drug-likeness (QED) is 0.672. The number of sulfone groups is 1. The van der Waals surface area contributed by atoms with Crippen LogP contribution in [-0.4, -0.2) is 66.6 Å². The first kappa shape index (κ1) is 13.8. The van der Waals surface area contributed by atoms with E-state index in [-0.39, 0.29) is 24.0 Å². The highest BCUT2D eigenvalue weighted by Gasteiger charge is 2.41. The van der Waals surface area contributed by atoms with Crippen molar-refractivity contribution >= 4 is 15.7 Å². The molecule has 0 aromatic heterocycles. The average Bonchev–Trinajstić information content (AvgIpc) is 2.36. The molecule has 2 aliphatic rings. The molecule has 0 spiro atoms. The monoisotopic (exact) mass is 276 g/mol. The van der Waals surface area contributed by atoms with Crippen molar-refractivity contribution in [1.82, 2.24) is 10.2 Å². The minimum Gasteiger partial charge on any atom is -0.388 e. The van der Waals surface area contributed by atoms with Crippen LogP contribution in [0.3, 0.4) is 0 Å². The van der Waals surface area contributed by atoms with Gasteiger partial charge < -0.3 is 10.4 Å². The number of aliphatic hydroxyl groups is 1. The van der Waals surface area contributed by atoms with Gasteiger partial charge in [-0.25, -0.2) is 8.42 Å². The lowest BCUT2D eigenvalue weighted by Gasteiger charge is -2.44. The fourth-order valence-electron chi connectivity index (χ4n) is 2.72. The number of hydrogen-bond donors (Lipinski definition) is 2. The van der Waals surface area contributed by atoms with Crippen molar-refractivity contribution in [3.05, 3.63) is 0 Å². The van der Waals surface area contributed by atoms with Crippen LogP contribution in [-0.2, 0) is 14.6 Å². The standard InChI is InChI=1S/C11H20N2O4S/c1-10(3-4-18(16,17)8-10)12-9(14)5-13-6-11(2,15)7-13/h15H,3-8H2,1-2H3,(H,12,14). The van der Waals surface area contributed by atoms with E-state index < -0.39 is 21.0 Å². The van der Waals surface area contributed by atoms with Gasteiger partial charge in [0.1, 0.15) is 0 Å². The lowest BCUT2D eigenvalue weighted by molar-refractivity contribution is -0.131. The van der Waals surface area contributed by atoms with Crippen LogP contribution in [0.25, 0.3) is 0 Å². The van der Waals surface area contributed by atoms with Crippen LogP contribution in [0.5, 0.6) is 0 Å². The van der Waals surface area contributed by atoms with E-state index in [1.54, 1.807) is 13.8 Å². The number of likely N-dealkylation sites (tertiary alicyclic amines) is 1. The van der Waals surface area contributed by atoms with Crippen molar-refractivity contribution in [2.45, 2.75) is 31.4 Å². The van der Waals surface area contributed by atoms with E-state index in [2.05, 4.69) is 5.32 Å². The van der Waals surface area contributed by atoms with Crippen LogP contribution in [0.15, 0.2) is 0 Å². The van der Waals surface area contributed by atoms with Crippen LogP contribution in [0, 0.1) is 0 Å². The zero-order valence-electron chi connectivity index (χ0n) is 10.8. The van der Waals surface area contributed by atoms with Gasteiger partial charge in [-0.05, 0) is 20.3 Å². The molecule has 1 unspecified atom stereocenters. The van der Waals surface area contributed by atoms with E-state index in [0.717, 1.165) is 0 Å². The molecule has 2 heterocycles. The van der Waals surface area contributed by atoms with E-state index in [0.29, 0.717) is 19.5 Å². The average molecular weight is 276 g/mol. The molecule has 0 saturated carbocycles. The molecule has 1 amide bonds. The smallest absolute Gasteiger partial charge is 0.234 e. The van der Waals surface area contributed by atoms with E-state index in [4.69, 9.17) is 0 Å². The maximum Gasteiger partial charge on any atom is 0.234 e. The van der Waals surface area contributed by atoms with Crippen molar-refractivity contribution in [3.8, 4) is 0 Å². The molecule has 7 heteroatoms. The molecule has 0 aromatic carbocycles. The summed E-state index contributed by atoms with van der Waals surface area (Å²) < 4.78 is 22.8. The Balaban J connectivity index is 1.82. The number of rotatable bonds is 3. The van der Waals surface area contributed by atoms with Crippen molar-refractivity contribution in [3.63, 3.8) is 0 Å². The van der Waals surface area contributed by atoms with Crippen molar-refractivity contribution < 1.29 is 18.3 Å². The summed E-state index contributed by atoms with van der Waals surface area (Å²) in [5.74, 6) is -0.0174. The van der Waals surface area contributed by atoms with Gasteiger partial charge in [0, 0.05) is 13.1 Å². The summed E-state index contributed by atoms with van der Waals surface area (Å²) >= 11 is 0. The van der Waals surface area contributed by atoms with Gasteiger partial charge in [0.2, 0.25) is 5.91 Å². The number of hydrogen-bond acceptors (Lipinski definition) is 5. The number of nitrogens with one attached hydrogen (secondary N) is 1. The topological polar surface area (TPSA) is 86.7 Å². The van der Waals surface area contributed by atoms with Crippen LogP contribution >= 0.6 is 0 Å². The van der Waals surface area contributed by atoms with E-state index in [1.807, 2.05) is 4.90 Å². The van der Waals surface area contributed by atoms with E-state index in [1.165, 1.54) is 0 Å². The molecule has 0 bridgehead atoms. The fraction of sp³-hybridized carbons (Fsp3) is 0.909. The van der Waals surface area contributed by atoms with Crippen LogP contribution < -0.4 is 5.32 Å². The molecule has 1 atom stereocenters. The lowest BCUT2D eigenvalue weighted by Crippen LogP contribution is -2.62. The minimum absolute atomic E-state index is 0.0173. The first-order chi connectivity index (χ1) is 8.09. The third-order valence-electron chi connectivity index (χ3n) is 3.44. The van der Waals surface area contributed by atoms with Crippen molar-refractivity contribution in [2.75, 3.05) is 31.1 Å². The number of nitrogens with zero attached hydrogens (tertiary/aromatic N) is 1. The number of carbonyl (C=O) groups excluding carboxylic acids is 1. The number of carbonyl (C=O) groups is 1. The van der Waals surface area contributed by atoms with Gasteiger partial charge in [-0.2, -0.15) is 0 Å². The predicted molar refractivity (Wildman–Crippen MR) is 66.9 cm³/mol. The second-order valence-electron chi connectivity index (χ2n) is 6.09. The SMILES string of the molecule is CC1(O)CN(CC(=O)NC2(C)CCS(=O)(=O)C2)C1. The minimum atomic E-state index is -3.01. The summed E-state index contributed by atoms with van der Waals surface area (Å²) in [6.45, 7) is 4.67. The van der Waals surface area contributed by atoms with Crippen LogP contribution in [0.2, 0.25) is 0 Å². The summed E-state index contributed by atoms with van der Waals surface area (Å²) in [7, 11) is -3.01. The van der Waals surface area contributed by atoms with Gasteiger partial charge in [0.15, 0.2) is 9.84 Å². The first-order valence-corrected chi connectivity index (χ1v) is 7.88. The number of amides is 1. The molecule has 0 radical (unpaired) electrons. The van der Waals surface area contributed by atoms with Gasteiger partial charge >= 0.3 is 0 Å². The van der Waals surface area contributed by atoms with Gasteiger partial charge in [0.05, 0.1) is 29.2 Å². The Morgan fingerprint density at radius 2 is 2.00 bits per heavy atom. The summed E-state index contributed by atoms with van der Waals surface area (Å²) in [5, 5.41) is 12.3. The summed E-state index contributed by atoms with van der Waals surface area (Å²) in [6, 6.07) is 0. The molecular weight excluding hydrogens is 256 g/mol. The maximum atomic E-state index is 11.8. The largest absolute Gasteiger partial charge is 0.388 e. The Labute approximate surface area is 107 Å². The van der Waals surface area contributed by atoms with Gasteiger partial charge in [-0.3, -0.25) is 9.69 Å². The second-order valence-corrected chi connectivity index (χ2v) is 8.28.